The van der Waals surface area contributed by atoms with Crippen molar-refractivity contribution in [3.8, 4) is 11.5 Å². The normalized spacial score (nSPS) is 19.1. The summed E-state index contributed by atoms with van der Waals surface area (Å²) < 4.78 is 19.8. The van der Waals surface area contributed by atoms with Gasteiger partial charge in [0.05, 0.1) is 13.2 Å². The van der Waals surface area contributed by atoms with Gasteiger partial charge < -0.3 is 19.1 Å². The van der Waals surface area contributed by atoms with Crippen LogP contribution in [-0.2, 0) is 22.6 Å². The maximum Gasteiger partial charge on any atom is 0.345 e. The number of methoxy groups -OCH3 is 1. The molecule has 1 aromatic heterocycles. The van der Waals surface area contributed by atoms with E-state index in [2.05, 4.69) is 5.10 Å². The molecule has 1 fully saturated rings. The first kappa shape index (κ1) is 20.5. The third-order valence-corrected chi connectivity index (χ3v) is 5.73. The molecule has 1 atom stereocenters. The number of ether oxygens (including phenoxy) is 3. The van der Waals surface area contributed by atoms with E-state index in [-0.39, 0.29) is 24.1 Å². The van der Waals surface area contributed by atoms with Gasteiger partial charge in [0.15, 0.2) is 11.5 Å². The van der Waals surface area contributed by atoms with Gasteiger partial charge in [-0.25, -0.2) is 9.48 Å². The number of benzene rings is 1. The Morgan fingerprint density at radius 3 is 2.67 bits per heavy atom. The molecule has 1 aromatic carbocycles. The van der Waals surface area contributed by atoms with Crippen molar-refractivity contribution in [2.45, 2.75) is 44.9 Å². The first-order valence-electron chi connectivity index (χ1n) is 10.5. The van der Waals surface area contributed by atoms with E-state index < -0.39 is 6.10 Å². The number of carbonyl (C=O) groups is 1. The molecule has 0 spiro atoms. The minimum absolute atomic E-state index is 0.0542. The summed E-state index contributed by atoms with van der Waals surface area (Å²) >= 11 is 0. The van der Waals surface area contributed by atoms with Crippen LogP contribution in [0.4, 0.5) is 0 Å². The molecule has 30 heavy (non-hydrogen) atoms. The van der Waals surface area contributed by atoms with E-state index in [1.807, 2.05) is 36.1 Å². The molecule has 0 N–H and O–H groups in total. The Balaban J connectivity index is 1.39. The largest absolute Gasteiger partial charge is 0.485 e. The van der Waals surface area contributed by atoms with Crippen LogP contribution in [-0.4, -0.2) is 64.7 Å². The Kier molecular flexibility index (Phi) is 6.08. The van der Waals surface area contributed by atoms with Crippen molar-refractivity contribution < 1.29 is 19.0 Å². The van der Waals surface area contributed by atoms with Crippen molar-refractivity contribution in [1.82, 2.24) is 19.2 Å². The van der Waals surface area contributed by atoms with Gasteiger partial charge in [0.2, 0.25) is 6.10 Å². The number of likely N-dealkylation sites (tertiary alicyclic amines) is 1. The predicted molar refractivity (Wildman–Crippen MR) is 109 cm³/mol. The molecule has 9 nitrogen and oxygen atoms in total. The number of para-hydroxylation sites is 2. The van der Waals surface area contributed by atoms with Crippen LogP contribution >= 0.6 is 0 Å². The number of amides is 1. The van der Waals surface area contributed by atoms with Crippen LogP contribution in [0.25, 0.3) is 0 Å². The summed E-state index contributed by atoms with van der Waals surface area (Å²) in [5, 5.41) is 4.57. The van der Waals surface area contributed by atoms with Crippen molar-refractivity contribution in [3.63, 3.8) is 0 Å². The van der Waals surface area contributed by atoms with Gasteiger partial charge in [-0.05, 0) is 31.9 Å². The van der Waals surface area contributed by atoms with Gasteiger partial charge in [-0.2, -0.15) is 5.10 Å². The zero-order chi connectivity index (χ0) is 21.1. The first-order chi connectivity index (χ1) is 14.6. The number of nitrogens with zero attached hydrogens (tertiary/aromatic N) is 4. The summed E-state index contributed by atoms with van der Waals surface area (Å²) in [6.45, 7) is 4.83. The van der Waals surface area contributed by atoms with E-state index in [0.29, 0.717) is 44.3 Å². The number of hydrogen-bond acceptors (Lipinski definition) is 6. The highest BCUT2D eigenvalue weighted by Gasteiger charge is 2.34. The van der Waals surface area contributed by atoms with Crippen molar-refractivity contribution in [3.05, 3.63) is 40.6 Å². The van der Waals surface area contributed by atoms with Gasteiger partial charge in [-0.1, -0.05) is 12.1 Å². The smallest absolute Gasteiger partial charge is 0.345 e. The lowest BCUT2D eigenvalue weighted by Gasteiger charge is -2.35. The number of aromatic nitrogens is 3. The molecular formula is C21H28N4O5. The average molecular weight is 416 g/mol. The Bertz CT molecular complexity index is 945. The molecule has 0 aliphatic carbocycles. The summed E-state index contributed by atoms with van der Waals surface area (Å²) in [6.07, 6.45) is 0.895. The number of piperidine rings is 1. The monoisotopic (exact) mass is 416 g/mol. The molecule has 0 saturated carbocycles. The average Bonchev–Trinajstić information content (AvgIpc) is 3.12. The second kappa shape index (κ2) is 8.91. The van der Waals surface area contributed by atoms with Gasteiger partial charge in [0, 0.05) is 32.7 Å². The number of hydrogen-bond donors (Lipinski definition) is 0. The highest BCUT2D eigenvalue weighted by molar-refractivity contribution is 5.82. The van der Waals surface area contributed by atoms with Gasteiger partial charge in [0.25, 0.3) is 5.91 Å². The third kappa shape index (κ3) is 3.94. The van der Waals surface area contributed by atoms with E-state index in [1.165, 1.54) is 4.68 Å². The molecule has 162 valence electrons. The predicted octanol–water partition coefficient (Wildman–Crippen LogP) is 1.26. The molecule has 1 amide bonds. The molecule has 0 radical (unpaired) electrons. The van der Waals surface area contributed by atoms with Crippen LogP contribution in [0.15, 0.2) is 29.1 Å². The van der Waals surface area contributed by atoms with Crippen molar-refractivity contribution in [2.24, 2.45) is 0 Å². The molecule has 2 aromatic rings. The molecule has 1 saturated heterocycles. The summed E-state index contributed by atoms with van der Waals surface area (Å²) in [5.41, 5.74) is -0.102. The third-order valence-electron chi connectivity index (χ3n) is 5.73. The zero-order valence-corrected chi connectivity index (χ0v) is 17.5. The Morgan fingerprint density at radius 1 is 1.23 bits per heavy atom. The Labute approximate surface area is 175 Å². The second-order valence-corrected chi connectivity index (χ2v) is 7.56. The van der Waals surface area contributed by atoms with Gasteiger partial charge in [-0.15, -0.1) is 0 Å². The highest BCUT2D eigenvalue weighted by Crippen LogP contribution is 2.32. The van der Waals surface area contributed by atoms with Crippen molar-refractivity contribution in [2.75, 3.05) is 33.4 Å². The molecular weight excluding hydrogens is 388 g/mol. The van der Waals surface area contributed by atoms with E-state index in [1.54, 1.807) is 11.7 Å². The van der Waals surface area contributed by atoms with E-state index in [9.17, 15) is 9.59 Å². The van der Waals surface area contributed by atoms with E-state index in [4.69, 9.17) is 14.2 Å². The lowest BCUT2D eigenvalue weighted by Crippen LogP contribution is -2.49. The number of fused-ring (bicyclic) bond motifs is 1. The van der Waals surface area contributed by atoms with Crippen LogP contribution in [0.1, 0.15) is 31.5 Å². The lowest BCUT2D eigenvalue weighted by molar-refractivity contribution is -0.142. The molecule has 1 unspecified atom stereocenters. The van der Waals surface area contributed by atoms with Gasteiger partial charge in [0.1, 0.15) is 12.4 Å². The standard InChI is InChI=1S/C21H28N4O5/c1-3-24-19(22-25(21(24)27)12-13-28-2)15-8-10-23(11-9-15)20(26)18-14-29-16-6-4-5-7-17(16)30-18/h4-7,15,18H,3,8-14H2,1-2H3. The topological polar surface area (TPSA) is 87.8 Å². The summed E-state index contributed by atoms with van der Waals surface area (Å²) in [7, 11) is 1.61. The fourth-order valence-corrected chi connectivity index (χ4v) is 4.08. The Hall–Kier alpha value is -2.81. The first-order valence-corrected chi connectivity index (χ1v) is 10.5. The molecule has 3 heterocycles. The molecule has 4 rings (SSSR count). The zero-order valence-electron chi connectivity index (χ0n) is 17.5. The van der Waals surface area contributed by atoms with Crippen LogP contribution in [0.5, 0.6) is 11.5 Å². The number of carbonyl (C=O) groups excluding carboxylic acids is 1. The maximum atomic E-state index is 12.9. The maximum absolute atomic E-state index is 12.9. The SMILES string of the molecule is CCn1c(C2CCN(C(=O)C3COc4ccccc4O3)CC2)nn(CCOC)c1=O. The lowest BCUT2D eigenvalue weighted by atomic mass is 9.95. The van der Waals surface area contributed by atoms with Gasteiger partial charge >= 0.3 is 5.69 Å². The molecule has 2 aliphatic rings. The quantitative estimate of drug-likeness (QED) is 0.705. The fourth-order valence-electron chi connectivity index (χ4n) is 4.08. The van der Waals surface area contributed by atoms with Crippen molar-refractivity contribution >= 4 is 5.91 Å². The molecule has 9 heteroatoms. The summed E-state index contributed by atoms with van der Waals surface area (Å²) in [4.78, 5) is 27.3. The van der Waals surface area contributed by atoms with E-state index >= 15 is 0 Å². The van der Waals surface area contributed by atoms with Crippen LogP contribution in [0.2, 0.25) is 0 Å². The van der Waals surface area contributed by atoms with Crippen LogP contribution in [0.3, 0.4) is 0 Å². The summed E-state index contributed by atoms with van der Waals surface area (Å²) in [5.74, 6) is 2.17. The minimum Gasteiger partial charge on any atom is -0.485 e. The van der Waals surface area contributed by atoms with Crippen LogP contribution in [0, 0.1) is 0 Å². The van der Waals surface area contributed by atoms with Crippen molar-refractivity contribution in [1.29, 1.82) is 0 Å². The highest BCUT2D eigenvalue weighted by atomic mass is 16.6. The Morgan fingerprint density at radius 2 is 1.97 bits per heavy atom. The minimum atomic E-state index is -0.626. The van der Waals surface area contributed by atoms with E-state index in [0.717, 1.165) is 18.7 Å². The molecule has 2 aliphatic heterocycles. The van der Waals surface area contributed by atoms with Gasteiger partial charge in [-0.3, -0.25) is 9.36 Å². The second-order valence-electron chi connectivity index (χ2n) is 7.56. The summed E-state index contributed by atoms with van der Waals surface area (Å²) in [6, 6.07) is 7.38. The fraction of sp³-hybridized carbons (Fsp3) is 0.571. The van der Waals surface area contributed by atoms with Crippen LogP contribution < -0.4 is 15.2 Å². The number of rotatable bonds is 6. The molecule has 0 bridgehead atoms.